The molecule has 14 nitrogen and oxygen atoms in total. The van der Waals surface area contributed by atoms with Crippen molar-refractivity contribution < 1.29 is 68.6 Å². The first kappa shape index (κ1) is 31.2. The molecule has 3 fully saturated rings. The molecule has 2 saturated heterocycles. The summed E-state index contributed by atoms with van der Waals surface area (Å²) < 4.78 is 33.4. The summed E-state index contributed by atoms with van der Waals surface area (Å²) in [7, 11) is 0. The number of carbonyl (C=O) groups excluding carboxylic acids is 2. The third kappa shape index (κ3) is 6.21. The van der Waals surface area contributed by atoms with Crippen LogP contribution in [0.1, 0.15) is 33.6 Å². The van der Waals surface area contributed by atoms with E-state index in [1.807, 2.05) is 13.8 Å². The smallest absolute Gasteiger partial charge is 0.309 e. The Morgan fingerprint density at radius 1 is 1.15 bits per heavy atom. The van der Waals surface area contributed by atoms with Gasteiger partial charge >= 0.3 is 5.97 Å². The van der Waals surface area contributed by atoms with Crippen molar-refractivity contribution in [1.29, 1.82) is 0 Å². The van der Waals surface area contributed by atoms with E-state index < -0.39 is 92.6 Å². The minimum atomic E-state index is -1.97. The lowest BCUT2D eigenvalue weighted by molar-refractivity contribution is -0.327. The van der Waals surface area contributed by atoms with Crippen LogP contribution in [0.4, 0.5) is 0 Å². The molecule has 0 amide bonds. The summed E-state index contributed by atoms with van der Waals surface area (Å²) in [6.45, 7) is 3.49. The topological polar surface area (TPSA) is 211 Å². The van der Waals surface area contributed by atoms with Crippen molar-refractivity contribution in [2.45, 2.75) is 88.6 Å². The monoisotopic (exact) mass is 576 g/mol. The molecule has 0 aromatic heterocycles. The third-order valence-corrected chi connectivity index (χ3v) is 8.04. The van der Waals surface area contributed by atoms with Crippen LogP contribution in [0, 0.1) is 23.7 Å². The summed E-state index contributed by atoms with van der Waals surface area (Å²) in [5.74, 6) is -1.51. The van der Waals surface area contributed by atoms with Crippen molar-refractivity contribution in [2.75, 3.05) is 26.4 Å². The first-order valence-electron chi connectivity index (χ1n) is 13.5. The van der Waals surface area contributed by atoms with Crippen LogP contribution in [0.3, 0.4) is 0 Å². The molecule has 14 heteroatoms. The number of rotatable bonds is 10. The maximum atomic E-state index is 12.6. The van der Waals surface area contributed by atoms with Crippen molar-refractivity contribution >= 4 is 11.8 Å². The van der Waals surface area contributed by atoms with Gasteiger partial charge in [0, 0.05) is 30.6 Å². The molecule has 12 atom stereocenters. The number of aliphatic hydroxyl groups is 6. The summed E-state index contributed by atoms with van der Waals surface area (Å²) in [5, 5.41) is 61.0. The molecular formula is C26H40O14. The molecule has 0 spiro atoms. The van der Waals surface area contributed by atoms with Crippen molar-refractivity contribution in [2.24, 2.45) is 23.7 Å². The molecule has 0 aromatic carbocycles. The first-order chi connectivity index (χ1) is 18.9. The van der Waals surface area contributed by atoms with Gasteiger partial charge in [-0.3, -0.25) is 9.59 Å². The van der Waals surface area contributed by atoms with Gasteiger partial charge in [-0.15, -0.1) is 0 Å². The Bertz CT molecular complexity index is 938. The Balaban J connectivity index is 1.39. The number of hydrogen-bond acceptors (Lipinski definition) is 14. The van der Waals surface area contributed by atoms with Gasteiger partial charge in [0.1, 0.15) is 41.9 Å². The van der Waals surface area contributed by atoms with Crippen LogP contribution in [-0.2, 0) is 38.0 Å². The quantitative estimate of drug-likeness (QED) is 0.155. The van der Waals surface area contributed by atoms with Crippen LogP contribution in [0.15, 0.2) is 11.8 Å². The zero-order chi connectivity index (χ0) is 29.4. The third-order valence-electron chi connectivity index (χ3n) is 8.04. The summed E-state index contributed by atoms with van der Waals surface area (Å²) in [6, 6.07) is 0. The van der Waals surface area contributed by atoms with Crippen molar-refractivity contribution in [3.05, 3.63) is 11.8 Å². The zero-order valence-electron chi connectivity index (χ0n) is 22.7. The normalized spacial score (nSPS) is 43.4. The standard InChI is InChI=1S/C26H40O14/c1-11(2)4-17(30)39-23-18-12(3)15(29)5-14(18)13(7-35-23)8-36-24-20(32)19(31)21(16(6-27)38-24)40-25-22(33)26(34,9-28)10-37-25/h7,11-12,14,16,18-25,27-28,31-34H,4-6,8-10H2,1-3H3/t12-,14+,16?,18+,19?,20-,21+,22?,23-,24+,25?,26?/m0/s1. The largest absolute Gasteiger partial charge is 0.462 e. The predicted octanol–water partition coefficient (Wildman–Crippen LogP) is -2.06. The molecule has 0 aromatic rings. The second-order valence-electron chi connectivity index (χ2n) is 11.4. The number of fused-ring (bicyclic) bond motifs is 1. The fourth-order valence-corrected chi connectivity index (χ4v) is 5.60. The number of hydrogen-bond donors (Lipinski definition) is 6. The number of aliphatic hydroxyl groups excluding tert-OH is 5. The zero-order valence-corrected chi connectivity index (χ0v) is 22.7. The van der Waals surface area contributed by atoms with E-state index in [9.17, 15) is 40.2 Å². The van der Waals surface area contributed by atoms with E-state index in [1.54, 1.807) is 6.92 Å². The highest BCUT2D eigenvalue weighted by molar-refractivity contribution is 5.84. The van der Waals surface area contributed by atoms with Gasteiger partial charge in [-0.1, -0.05) is 20.8 Å². The van der Waals surface area contributed by atoms with Crippen LogP contribution < -0.4 is 0 Å². The van der Waals surface area contributed by atoms with E-state index in [0.29, 0.717) is 5.57 Å². The summed E-state index contributed by atoms with van der Waals surface area (Å²) in [5.41, 5.74) is -1.39. The molecule has 4 rings (SSSR count). The average molecular weight is 577 g/mol. The second kappa shape index (κ2) is 12.7. The summed E-state index contributed by atoms with van der Waals surface area (Å²) in [4.78, 5) is 24.8. The minimum Gasteiger partial charge on any atom is -0.462 e. The summed E-state index contributed by atoms with van der Waals surface area (Å²) in [6.07, 6.45) is -9.59. The highest BCUT2D eigenvalue weighted by atomic mass is 16.7. The summed E-state index contributed by atoms with van der Waals surface area (Å²) >= 11 is 0. The lowest BCUT2D eigenvalue weighted by Crippen LogP contribution is -2.61. The lowest BCUT2D eigenvalue weighted by Gasteiger charge is -2.43. The SMILES string of the molecule is CC(C)CC(=O)O[C@@H]1OC=C(CO[C@@H]2OC(CO)[C@@H](OC3OCC(O)(CO)C3O)C(O)[C@@H]2O)[C@H]2CC(=O)[C@H](C)[C@@H]12. The fourth-order valence-electron chi connectivity index (χ4n) is 5.60. The molecule has 4 aliphatic rings. The highest BCUT2D eigenvalue weighted by Gasteiger charge is 2.54. The van der Waals surface area contributed by atoms with Crippen LogP contribution in [0.5, 0.6) is 0 Å². The Hall–Kier alpha value is -1.72. The molecule has 40 heavy (non-hydrogen) atoms. The Kier molecular flexibility index (Phi) is 9.87. The molecule has 6 N–H and O–H groups in total. The molecule has 3 heterocycles. The first-order valence-corrected chi connectivity index (χ1v) is 13.5. The molecule has 5 unspecified atom stereocenters. The molecule has 228 valence electrons. The molecular weight excluding hydrogens is 536 g/mol. The van der Waals surface area contributed by atoms with Gasteiger partial charge in [-0.05, 0) is 11.5 Å². The van der Waals surface area contributed by atoms with Crippen LogP contribution in [0.2, 0.25) is 0 Å². The molecule has 1 aliphatic carbocycles. The van der Waals surface area contributed by atoms with Crippen LogP contribution in [0.25, 0.3) is 0 Å². The van der Waals surface area contributed by atoms with Gasteiger partial charge in [0.2, 0.25) is 6.29 Å². The van der Waals surface area contributed by atoms with E-state index in [4.69, 9.17) is 28.4 Å². The van der Waals surface area contributed by atoms with Crippen LogP contribution in [-0.4, -0.2) is 124 Å². The van der Waals surface area contributed by atoms with Gasteiger partial charge in [0.05, 0.1) is 32.7 Å². The number of carbonyl (C=O) groups is 2. The fraction of sp³-hybridized carbons (Fsp3) is 0.846. The Labute approximate surface area is 231 Å². The van der Waals surface area contributed by atoms with Gasteiger partial charge in [-0.25, -0.2) is 0 Å². The molecule has 1 saturated carbocycles. The second-order valence-corrected chi connectivity index (χ2v) is 11.4. The maximum Gasteiger partial charge on any atom is 0.309 e. The highest BCUT2D eigenvalue weighted by Crippen LogP contribution is 2.45. The molecule has 3 aliphatic heterocycles. The van der Waals surface area contributed by atoms with Gasteiger partial charge in [0.25, 0.3) is 0 Å². The van der Waals surface area contributed by atoms with E-state index >= 15 is 0 Å². The Morgan fingerprint density at radius 3 is 2.50 bits per heavy atom. The Morgan fingerprint density at radius 2 is 1.88 bits per heavy atom. The number of ketones is 1. The molecule has 0 bridgehead atoms. The van der Waals surface area contributed by atoms with E-state index in [-0.39, 0.29) is 37.1 Å². The van der Waals surface area contributed by atoms with Gasteiger partial charge < -0.3 is 59.1 Å². The van der Waals surface area contributed by atoms with Crippen molar-refractivity contribution in [1.82, 2.24) is 0 Å². The molecule has 0 radical (unpaired) electrons. The average Bonchev–Trinajstić information content (AvgIpc) is 3.37. The van der Waals surface area contributed by atoms with Gasteiger partial charge in [0.15, 0.2) is 12.6 Å². The van der Waals surface area contributed by atoms with E-state index in [2.05, 4.69) is 0 Å². The van der Waals surface area contributed by atoms with Gasteiger partial charge in [-0.2, -0.15) is 0 Å². The van der Waals surface area contributed by atoms with Crippen molar-refractivity contribution in [3.63, 3.8) is 0 Å². The maximum absolute atomic E-state index is 12.6. The predicted molar refractivity (Wildman–Crippen MR) is 131 cm³/mol. The minimum absolute atomic E-state index is 0.00886. The van der Waals surface area contributed by atoms with Crippen molar-refractivity contribution in [3.8, 4) is 0 Å². The van der Waals surface area contributed by atoms with Crippen LogP contribution >= 0.6 is 0 Å². The van der Waals surface area contributed by atoms with E-state index in [0.717, 1.165) is 0 Å². The lowest BCUT2D eigenvalue weighted by atomic mass is 9.83. The number of Topliss-reactive ketones (excluding diaryl/α,β-unsaturated/α-hetero) is 1. The number of ether oxygens (including phenoxy) is 6. The number of esters is 1. The van der Waals surface area contributed by atoms with E-state index in [1.165, 1.54) is 6.26 Å².